The van der Waals surface area contributed by atoms with Crippen LogP contribution in [0.2, 0.25) is 0 Å². The molecule has 3 N–H and O–H groups in total. The second-order valence-corrected chi connectivity index (χ2v) is 3.41. The molecule has 0 atom stereocenters. The third-order valence-electron chi connectivity index (χ3n) is 2.08. The molecule has 0 saturated heterocycles. The van der Waals surface area contributed by atoms with E-state index in [2.05, 4.69) is 10.3 Å². The summed E-state index contributed by atoms with van der Waals surface area (Å²) >= 11 is 0. The molecular formula is C10H16N2O4. The van der Waals surface area contributed by atoms with Crippen molar-refractivity contribution in [3.05, 3.63) is 12.0 Å². The summed E-state index contributed by atoms with van der Waals surface area (Å²) in [7, 11) is 0. The van der Waals surface area contributed by atoms with Gasteiger partial charge in [-0.05, 0) is 12.8 Å². The van der Waals surface area contributed by atoms with Crippen LogP contribution in [-0.2, 0) is 0 Å². The maximum absolute atomic E-state index is 10.5. The number of hydrogen-bond donors (Lipinski definition) is 3. The van der Waals surface area contributed by atoms with Gasteiger partial charge in [0, 0.05) is 13.2 Å². The van der Waals surface area contributed by atoms with Crippen LogP contribution in [0.15, 0.2) is 10.7 Å². The Labute approximate surface area is 93.3 Å². The number of aromatic carboxylic acids is 1. The average molecular weight is 228 g/mol. The number of rotatable bonds is 8. The fourth-order valence-electron chi connectivity index (χ4n) is 1.24. The minimum Gasteiger partial charge on any atom is -0.476 e. The van der Waals surface area contributed by atoms with Crippen molar-refractivity contribution in [3.8, 4) is 0 Å². The van der Waals surface area contributed by atoms with Crippen molar-refractivity contribution in [2.75, 3.05) is 18.5 Å². The van der Waals surface area contributed by atoms with Gasteiger partial charge >= 0.3 is 5.97 Å². The third-order valence-corrected chi connectivity index (χ3v) is 2.08. The van der Waals surface area contributed by atoms with Crippen molar-refractivity contribution < 1.29 is 19.4 Å². The molecule has 0 spiro atoms. The lowest BCUT2D eigenvalue weighted by Gasteiger charge is -2.00. The molecule has 1 aromatic rings. The van der Waals surface area contributed by atoms with Gasteiger partial charge in [-0.3, -0.25) is 0 Å². The molecule has 0 aliphatic carbocycles. The Morgan fingerprint density at radius 3 is 2.75 bits per heavy atom. The number of hydrogen-bond acceptors (Lipinski definition) is 5. The van der Waals surface area contributed by atoms with E-state index in [-0.39, 0.29) is 18.3 Å². The van der Waals surface area contributed by atoms with Crippen molar-refractivity contribution in [1.82, 2.24) is 4.98 Å². The van der Waals surface area contributed by atoms with E-state index in [4.69, 9.17) is 14.6 Å². The molecule has 0 bridgehead atoms. The lowest BCUT2D eigenvalue weighted by atomic mass is 10.2. The highest BCUT2D eigenvalue weighted by atomic mass is 16.4. The van der Waals surface area contributed by atoms with Crippen molar-refractivity contribution in [1.29, 1.82) is 0 Å². The van der Waals surface area contributed by atoms with Gasteiger partial charge in [-0.2, -0.15) is 4.98 Å². The molecule has 0 radical (unpaired) electrons. The molecule has 0 aliphatic heterocycles. The number of aliphatic hydroxyl groups excluding tert-OH is 1. The van der Waals surface area contributed by atoms with Gasteiger partial charge in [-0.1, -0.05) is 12.8 Å². The number of carboxylic acids is 1. The summed E-state index contributed by atoms with van der Waals surface area (Å²) in [6.07, 6.45) is 4.87. The van der Waals surface area contributed by atoms with Crippen LogP contribution in [0, 0.1) is 0 Å². The highest BCUT2D eigenvalue weighted by molar-refractivity contribution is 5.85. The molecule has 1 rings (SSSR count). The van der Waals surface area contributed by atoms with Gasteiger partial charge in [0.2, 0.25) is 0 Å². The number of oxazole rings is 1. The smallest absolute Gasteiger partial charge is 0.357 e. The average Bonchev–Trinajstić information content (AvgIpc) is 2.72. The second-order valence-electron chi connectivity index (χ2n) is 3.41. The number of nitrogens with one attached hydrogen (secondary N) is 1. The van der Waals surface area contributed by atoms with E-state index in [0.29, 0.717) is 6.54 Å². The number of anilines is 1. The highest BCUT2D eigenvalue weighted by Crippen LogP contribution is 2.08. The van der Waals surface area contributed by atoms with E-state index in [9.17, 15) is 4.79 Å². The highest BCUT2D eigenvalue weighted by Gasteiger charge is 2.09. The molecule has 0 aliphatic rings. The number of carboxylic acid groups (broad SMARTS) is 1. The summed E-state index contributed by atoms with van der Waals surface area (Å²) in [4.78, 5) is 14.2. The van der Waals surface area contributed by atoms with E-state index in [1.165, 1.54) is 0 Å². The number of aliphatic hydroxyl groups is 1. The minimum absolute atomic E-state index is 0.0946. The zero-order valence-electron chi connectivity index (χ0n) is 8.98. The second kappa shape index (κ2) is 6.84. The quantitative estimate of drug-likeness (QED) is 0.581. The Balaban J connectivity index is 2.14. The Morgan fingerprint density at radius 1 is 1.38 bits per heavy atom. The van der Waals surface area contributed by atoms with Crippen molar-refractivity contribution in [3.63, 3.8) is 0 Å². The summed E-state index contributed by atoms with van der Waals surface area (Å²) in [6, 6.07) is 0.236. The van der Waals surface area contributed by atoms with Crippen LogP contribution in [0.5, 0.6) is 0 Å². The fourth-order valence-corrected chi connectivity index (χ4v) is 1.24. The largest absolute Gasteiger partial charge is 0.476 e. The molecule has 0 amide bonds. The number of carbonyl (C=O) groups is 1. The van der Waals surface area contributed by atoms with Gasteiger partial charge in [0.15, 0.2) is 5.69 Å². The Hall–Kier alpha value is -1.56. The summed E-state index contributed by atoms with van der Waals surface area (Å²) < 4.78 is 4.91. The molecule has 0 unspecified atom stereocenters. The first kappa shape index (κ1) is 12.5. The van der Waals surface area contributed by atoms with E-state index >= 15 is 0 Å². The van der Waals surface area contributed by atoms with Gasteiger partial charge in [0.05, 0.1) is 0 Å². The molecule has 0 fully saturated rings. The topological polar surface area (TPSA) is 95.6 Å². The number of nitrogens with zero attached hydrogens (tertiary/aromatic N) is 1. The van der Waals surface area contributed by atoms with Crippen LogP contribution in [0.3, 0.4) is 0 Å². The summed E-state index contributed by atoms with van der Waals surface area (Å²) in [5, 5.41) is 20.0. The van der Waals surface area contributed by atoms with Gasteiger partial charge < -0.3 is 19.9 Å². The standard InChI is InChI=1S/C10H16N2O4/c13-6-4-2-1-3-5-11-10-12-8(7-16-10)9(14)15/h7,13H,1-6H2,(H,11,12)(H,14,15). The van der Waals surface area contributed by atoms with E-state index in [1.807, 2.05) is 0 Å². The summed E-state index contributed by atoms with van der Waals surface area (Å²) in [5.41, 5.74) is -0.0946. The van der Waals surface area contributed by atoms with E-state index < -0.39 is 5.97 Å². The van der Waals surface area contributed by atoms with Crippen molar-refractivity contribution in [2.45, 2.75) is 25.7 Å². The summed E-state index contributed by atoms with van der Waals surface area (Å²) in [5.74, 6) is -1.10. The molecular weight excluding hydrogens is 212 g/mol. The van der Waals surface area contributed by atoms with Gasteiger partial charge in [0.25, 0.3) is 6.01 Å². The van der Waals surface area contributed by atoms with Crippen LogP contribution < -0.4 is 5.32 Å². The maximum Gasteiger partial charge on any atom is 0.357 e. The lowest BCUT2D eigenvalue weighted by Crippen LogP contribution is -2.03. The number of aromatic nitrogens is 1. The monoisotopic (exact) mass is 228 g/mol. The SMILES string of the molecule is O=C(O)c1coc(NCCCCCCO)n1. The molecule has 0 saturated carbocycles. The fraction of sp³-hybridized carbons (Fsp3) is 0.600. The van der Waals surface area contributed by atoms with E-state index in [0.717, 1.165) is 31.9 Å². The Morgan fingerprint density at radius 2 is 2.12 bits per heavy atom. The van der Waals surface area contributed by atoms with Crippen LogP contribution in [0.4, 0.5) is 6.01 Å². The zero-order valence-corrected chi connectivity index (χ0v) is 8.98. The first-order chi connectivity index (χ1) is 7.74. The lowest BCUT2D eigenvalue weighted by molar-refractivity contribution is 0.0690. The number of unbranched alkanes of at least 4 members (excludes halogenated alkanes) is 3. The Bertz CT molecular complexity index is 324. The first-order valence-corrected chi connectivity index (χ1v) is 5.27. The molecule has 6 heteroatoms. The molecule has 1 heterocycles. The van der Waals surface area contributed by atoms with Gasteiger partial charge in [0.1, 0.15) is 6.26 Å². The zero-order chi connectivity index (χ0) is 11.8. The van der Waals surface area contributed by atoms with Gasteiger partial charge in [-0.25, -0.2) is 4.79 Å². The molecule has 1 aromatic heterocycles. The molecule has 90 valence electrons. The predicted molar refractivity (Wildman–Crippen MR) is 57.5 cm³/mol. The normalized spacial score (nSPS) is 10.3. The van der Waals surface area contributed by atoms with E-state index in [1.54, 1.807) is 0 Å². The maximum atomic E-state index is 10.5. The van der Waals surface area contributed by atoms with Crippen LogP contribution in [-0.4, -0.2) is 34.3 Å². The van der Waals surface area contributed by atoms with Crippen LogP contribution in [0.1, 0.15) is 36.2 Å². The minimum atomic E-state index is -1.10. The van der Waals surface area contributed by atoms with Crippen molar-refractivity contribution >= 4 is 12.0 Å². The van der Waals surface area contributed by atoms with Crippen LogP contribution >= 0.6 is 0 Å². The predicted octanol–water partition coefficient (Wildman–Crippen LogP) is 1.34. The van der Waals surface area contributed by atoms with Crippen molar-refractivity contribution in [2.24, 2.45) is 0 Å². The van der Waals surface area contributed by atoms with Crippen LogP contribution in [0.25, 0.3) is 0 Å². The Kier molecular flexibility index (Phi) is 5.35. The molecule has 16 heavy (non-hydrogen) atoms. The van der Waals surface area contributed by atoms with Gasteiger partial charge in [-0.15, -0.1) is 0 Å². The third kappa shape index (κ3) is 4.31. The molecule has 6 nitrogen and oxygen atoms in total. The summed E-state index contributed by atoms with van der Waals surface area (Å²) in [6.45, 7) is 0.917. The first-order valence-electron chi connectivity index (χ1n) is 5.27. The molecule has 0 aromatic carbocycles.